The molecule has 0 aliphatic heterocycles. The number of pyridine rings is 2. The Morgan fingerprint density at radius 2 is 1.73 bits per heavy atom. The van der Waals surface area contributed by atoms with Gasteiger partial charge in [-0.25, -0.2) is 0 Å². The Hall–Kier alpha value is -2.74. The molecule has 0 saturated heterocycles. The van der Waals surface area contributed by atoms with Gasteiger partial charge in [0.2, 0.25) is 0 Å². The smallest absolute Gasteiger partial charge is 0.0705 e. The molecule has 0 bridgehead atoms. The quantitative estimate of drug-likeness (QED) is 0.438. The van der Waals surface area contributed by atoms with Gasteiger partial charge in [-0.3, -0.25) is 9.97 Å². The average Bonchev–Trinajstić information content (AvgIpc) is 2.67. The molecular weight excluding hydrogens is 316 g/mol. The van der Waals surface area contributed by atoms with Crippen molar-refractivity contribution < 1.29 is 0 Å². The Balaban J connectivity index is 1.66. The molecule has 2 aromatic carbocycles. The fraction of sp³-hybridized carbons (Fsp3) is 0.250. The standard InChI is InChI=1S/C24H24N2/c1-16(2)21-7-4-8-24-22(21)13-18(15-26-24)12-17(3)19-9-10-23-20(14-19)6-5-11-25-23/h4-11,13-17H,12H2,1-3H3. The maximum Gasteiger partial charge on any atom is 0.0705 e. The molecule has 2 aromatic heterocycles. The van der Waals surface area contributed by atoms with Crippen LogP contribution in [0.25, 0.3) is 21.8 Å². The molecule has 4 rings (SSSR count). The van der Waals surface area contributed by atoms with Gasteiger partial charge in [-0.05, 0) is 65.3 Å². The lowest BCUT2D eigenvalue weighted by Crippen LogP contribution is -2.00. The number of benzene rings is 2. The van der Waals surface area contributed by atoms with E-state index in [0.29, 0.717) is 11.8 Å². The first kappa shape index (κ1) is 16.7. The summed E-state index contributed by atoms with van der Waals surface area (Å²) in [5.74, 6) is 0.936. The monoisotopic (exact) mass is 340 g/mol. The van der Waals surface area contributed by atoms with Crippen LogP contribution in [0, 0.1) is 0 Å². The van der Waals surface area contributed by atoms with Crippen molar-refractivity contribution in [2.75, 3.05) is 0 Å². The minimum atomic E-state index is 0.435. The Kier molecular flexibility index (Phi) is 4.42. The predicted molar refractivity (Wildman–Crippen MR) is 110 cm³/mol. The predicted octanol–water partition coefficient (Wildman–Crippen LogP) is 6.25. The minimum absolute atomic E-state index is 0.435. The number of aromatic nitrogens is 2. The third-order valence-electron chi connectivity index (χ3n) is 5.18. The first-order valence-electron chi connectivity index (χ1n) is 9.34. The number of hydrogen-bond acceptors (Lipinski definition) is 2. The van der Waals surface area contributed by atoms with Crippen molar-refractivity contribution in [3.8, 4) is 0 Å². The third kappa shape index (κ3) is 3.20. The molecule has 0 aliphatic rings. The number of rotatable bonds is 4. The van der Waals surface area contributed by atoms with E-state index in [9.17, 15) is 0 Å². The van der Waals surface area contributed by atoms with Crippen LogP contribution in [0.15, 0.2) is 67.0 Å². The molecule has 1 atom stereocenters. The van der Waals surface area contributed by atoms with Crippen LogP contribution in [0.4, 0.5) is 0 Å². The average molecular weight is 340 g/mol. The van der Waals surface area contributed by atoms with E-state index in [0.717, 1.165) is 17.5 Å². The summed E-state index contributed by atoms with van der Waals surface area (Å²) in [5, 5.41) is 2.49. The second kappa shape index (κ2) is 6.87. The highest BCUT2D eigenvalue weighted by molar-refractivity contribution is 5.83. The zero-order valence-electron chi connectivity index (χ0n) is 15.6. The van der Waals surface area contributed by atoms with E-state index in [4.69, 9.17) is 4.98 Å². The fourth-order valence-corrected chi connectivity index (χ4v) is 3.70. The summed E-state index contributed by atoms with van der Waals surface area (Å²) in [6, 6.07) is 19.5. The van der Waals surface area contributed by atoms with Crippen molar-refractivity contribution in [1.29, 1.82) is 0 Å². The van der Waals surface area contributed by atoms with Gasteiger partial charge in [0.05, 0.1) is 11.0 Å². The van der Waals surface area contributed by atoms with Gasteiger partial charge in [-0.2, -0.15) is 0 Å². The minimum Gasteiger partial charge on any atom is -0.256 e. The molecule has 4 aromatic rings. The highest BCUT2D eigenvalue weighted by atomic mass is 14.7. The molecule has 1 unspecified atom stereocenters. The van der Waals surface area contributed by atoms with E-state index in [-0.39, 0.29) is 0 Å². The molecule has 0 amide bonds. The Bertz CT molecular complexity index is 1070. The van der Waals surface area contributed by atoms with Crippen molar-refractivity contribution in [3.05, 3.63) is 83.7 Å². The van der Waals surface area contributed by atoms with Crippen molar-refractivity contribution in [3.63, 3.8) is 0 Å². The van der Waals surface area contributed by atoms with Crippen LogP contribution in [0.5, 0.6) is 0 Å². The lowest BCUT2D eigenvalue weighted by atomic mass is 9.91. The van der Waals surface area contributed by atoms with E-state index in [1.807, 2.05) is 18.5 Å². The lowest BCUT2D eigenvalue weighted by molar-refractivity contribution is 0.758. The summed E-state index contributed by atoms with van der Waals surface area (Å²) in [6.07, 6.45) is 4.87. The van der Waals surface area contributed by atoms with Crippen LogP contribution in [-0.2, 0) is 6.42 Å². The maximum atomic E-state index is 4.71. The summed E-state index contributed by atoms with van der Waals surface area (Å²) in [6.45, 7) is 6.77. The van der Waals surface area contributed by atoms with Crippen LogP contribution in [0.2, 0.25) is 0 Å². The molecule has 0 aliphatic carbocycles. The molecule has 0 saturated carbocycles. The van der Waals surface area contributed by atoms with Gasteiger partial charge in [-0.1, -0.05) is 45.0 Å². The molecule has 2 nitrogen and oxygen atoms in total. The zero-order chi connectivity index (χ0) is 18.1. The van der Waals surface area contributed by atoms with Crippen LogP contribution >= 0.6 is 0 Å². The second-order valence-corrected chi connectivity index (χ2v) is 7.47. The van der Waals surface area contributed by atoms with Crippen molar-refractivity contribution >= 4 is 21.8 Å². The molecule has 26 heavy (non-hydrogen) atoms. The van der Waals surface area contributed by atoms with Gasteiger partial charge >= 0.3 is 0 Å². The first-order valence-corrected chi connectivity index (χ1v) is 9.34. The number of hydrogen-bond donors (Lipinski definition) is 0. The van der Waals surface area contributed by atoms with Crippen LogP contribution in [-0.4, -0.2) is 9.97 Å². The number of nitrogens with zero attached hydrogens (tertiary/aromatic N) is 2. The highest BCUT2D eigenvalue weighted by Crippen LogP contribution is 2.28. The molecule has 2 heteroatoms. The molecule has 0 spiro atoms. The topological polar surface area (TPSA) is 25.8 Å². The maximum absolute atomic E-state index is 4.71. The van der Waals surface area contributed by atoms with E-state index < -0.39 is 0 Å². The fourth-order valence-electron chi connectivity index (χ4n) is 3.70. The van der Waals surface area contributed by atoms with E-state index in [1.54, 1.807) is 0 Å². The largest absolute Gasteiger partial charge is 0.256 e. The lowest BCUT2D eigenvalue weighted by Gasteiger charge is -2.15. The van der Waals surface area contributed by atoms with E-state index >= 15 is 0 Å². The van der Waals surface area contributed by atoms with Crippen molar-refractivity contribution in [2.45, 2.75) is 39.0 Å². The SMILES string of the molecule is CC(C)c1cccc2ncc(CC(C)c3ccc4ncccc4c3)cc12. The normalized spacial score (nSPS) is 12.8. The summed E-state index contributed by atoms with van der Waals surface area (Å²) in [5.41, 5.74) is 6.16. The van der Waals surface area contributed by atoms with Gasteiger partial charge in [0.25, 0.3) is 0 Å². The highest BCUT2D eigenvalue weighted by Gasteiger charge is 2.11. The molecule has 0 N–H and O–H groups in total. The summed E-state index contributed by atoms with van der Waals surface area (Å²) < 4.78 is 0. The van der Waals surface area contributed by atoms with Gasteiger partial charge in [-0.15, -0.1) is 0 Å². The van der Waals surface area contributed by atoms with Crippen molar-refractivity contribution in [2.24, 2.45) is 0 Å². The van der Waals surface area contributed by atoms with Gasteiger partial charge < -0.3 is 0 Å². The van der Waals surface area contributed by atoms with Gasteiger partial charge in [0.1, 0.15) is 0 Å². The summed E-state index contributed by atoms with van der Waals surface area (Å²) in [4.78, 5) is 9.13. The Morgan fingerprint density at radius 1 is 0.846 bits per heavy atom. The molecule has 2 heterocycles. The summed E-state index contributed by atoms with van der Waals surface area (Å²) >= 11 is 0. The molecule has 130 valence electrons. The van der Waals surface area contributed by atoms with Crippen LogP contribution in [0.1, 0.15) is 49.3 Å². The van der Waals surface area contributed by atoms with Crippen LogP contribution < -0.4 is 0 Å². The molecular formula is C24H24N2. The van der Waals surface area contributed by atoms with Crippen molar-refractivity contribution in [1.82, 2.24) is 9.97 Å². The molecule has 0 fully saturated rings. The summed E-state index contributed by atoms with van der Waals surface area (Å²) in [7, 11) is 0. The number of fused-ring (bicyclic) bond motifs is 2. The van der Waals surface area contributed by atoms with E-state index in [2.05, 4.69) is 74.3 Å². The van der Waals surface area contributed by atoms with E-state index in [1.165, 1.54) is 27.5 Å². The first-order chi connectivity index (χ1) is 12.6. The Labute approximate surface area is 154 Å². The van der Waals surface area contributed by atoms with Gasteiger partial charge in [0.15, 0.2) is 0 Å². The third-order valence-corrected chi connectivity index (χ3v) is 5.18. The zero-order valence-corrected chi connectivity index (χ0v) is 15.6. The van der Waals surface area contributed by atoms with Gasteiger partial charge in [0, 0.05) is 23.2 Å². The second-order valence-electron chi connectivity index (χ2n) is 7.47. The molecule has 0 radical (unpaired) electrons. The van der Waals surface area contributed by atoms with Crippen LogP contribution in [0.3, 0.4) is 0 Å². The Morgan fingerprint density at radius 3 is 2.58 bits per heavy atom.